The lowest BCUT2D eigenvalue weighted by molar-refractivity contribution is 0.00578. The third-order valence-corrected chi connectivity index (χ3v) is 5.54. The molecule has 1 aliphatic rings. The summed E-state index contributed by atoms with van der Waals surface area (Å²) in [6.07, 6.45) is 2.11. The van der Waals surface area contributed by atoms with Gasteiger partial charge in [-0.05, 0) is 61.6 Å². The van der Waals surface area contributed by atoms with Gasteiger partial charge in [-0.25, -0.2) is 0 Å². The fraction of sp³-hybridized carbons (Fsp3) is 0.412. The molecule has 0 amide bonds. The number of fused-ring (bicyclic) bond motifs is 1. The van der Waals surface area contributed by atoms with Gasteiger partial charge in [0.2, 0.25) is 0 Å². The van der Waals surface area contributed by atoms with Crippen LogP contribution < -0.4 is 5.73 Å². The molecule has 1 fully saturated rings. The summed E-state index contributed by atoms with van der Waals surface area (Å²) in [7, 11) is -0.385. The van der Waals surface area contributed by atoms with Crippen LogP contribution in [0.3, 0.4) is 0 Å². The predicted octanol–water partition coefficient (Wildman–Crippen LogP) is 3.87. The first-order valence-electron chi connectivity index (χ1n) is 7.56. The van der Waals surface area contributed by atoms with Crippen LogP contribution in [0.2, 0.25) is 0 Å². The molecule has 2 N–H and O–H groups in total. The Hall–Kier alpha value is -1.14. The summed E-state index contributed by atoms with van der Waals surface area (Å²) in [6.45, 7) is 8.64. The second kappa shape index (κ2) is 5.50. The van der Waals surface area contributed by atoms with Gasteiger partial charge < -0.3 is 15.0 Å². The molecule has 3 nitrogen and oxygen atoms in total. The highest BCUT2D eigenvalue weighted by Crippen LogP contribution is 2.39. The van der Waals surface area contributed by atoms with Crippen molar-refractivity contribution in [3.63, 3.8) is 0 Å². The third kappa shape index (κ3) is 2.63. The molecule has 2 heterocycles. The van der Waals surface area contributed by atoms with Crippen molar-refractivity contribution < 1.29 is 9.31 Å². The Morgan fingerprint density at radius 2 is 1.86 bits per heavy atom. The van der Waals surface area contributed by atoms with E-state index in [1.54, 1.807) is 11.3 Å². The van der Waals surface area contributed by atoms with Crippen LogP contribution >= 0.6 is 11.3 Å². The number of thiophene rings is 1. The molecule has 0 atom stereocenters. The minimum absolute atomic E-state index is 0.347. The smallest absolute Gasteiger partial charge is 0.400 e. The fourth-order valence-corrected chi connectivity index (χ4v) is 3.38. The van der Waals surface area contributed by atoms with Crippen molar-refractivity contribution in [1.29, 1.82) is 0 Å². The molecular formula is C17H22BNO2S. The zero-order valence-electron chi connectivity index (χ0n) is 13.6. The Bertz CT molecular complexity index is 704. The van der Waals surface area contributed by atoms with E-state index in [0.717, 1.165) is 11.0 Å². The Kier molecular flexibility index (Phi) is 3.93. The van der Waals surface area contributed by atoms with E-state index in [9.17, 15) is 0 Å². The summed E-state index contributed by atoms with van der Waals surface area (Å²) >= 11 is 1.74. The zero-order valence-corrected chi connectivity index (χ0v) is 14.4. The van der Waals surface area contributed by atoms with Crippen molar-refractivity contribution in [2.24, 2.45) is 5.73 Å². The van der Waals surface area contributed by atoms with E-state index >= 15 is 0 Å². The summed E-state index contributed by atoms with van der Waals surface area (Å²) in [6, 6.07) is 8.46. The average molecular weight is 315 g/mol. The molecule has 0 unspecified atom stereocenters. The number of rotatable bonds is 3. The van der Waals surface area contributed by atoms with Crippen molar-refractivity contribution in [1.82, 2.24) is 0 Å². The fourth-order valence-electron chi connectivity index (χ4n) is 2.56. The Balaban J connectivity index is 1.97. The van der Waals surface area contributed by atoms with Gasteiger partial charge in [0.05, 0.1) is 11.2 Å². The van der Waals surface area contributed by atoms with E-state index in [1.165, 1.54) is 10.1 Å². The molecule has 1 aromatic heterocycles. The van der Waals surface area contributed by atoms with E-state index in [-0.39, 0.29) is 18.3 Å². The summed E-state index contributed by atoms with van der Waals surface area (Å²) < 4.78 is 13.5. The van der Waals surface area contributed by atoms with Crippen LogP contribution in [0.1, 0.15) is 33.3 Å². The van der Waals surface area contributed by atoms with Gasteiger partial charge in [-0.1, -0.05) is 18.2 Å². The van der Waals surface area contributed by atoms with Gasteiger partial charge in [0.25, 0.3) is 0 Å². The van der Waals surface area contributed by atoms with Crippen molar-refractivity contribution >= 4 is 34.6 Å². The van der Waals surface area contributed by atoms with Gasteiger partial charge in [-0.3, -0.25) is 0 Å². The van der Waals surface area contributed by atoms with E-state index in [0.29, 0.717) is 6.54 Å². The first kappa shape index (κ1) is 15.7. The van der Waals surface area contributed by atoms with E-state index < -0.39 is 0 Å². The number of hydrogen-bond donors (Lipinski definition) is 1. The maximum atomic E-state index is 6.11. The second-order valence-corrected chi connectivity index (χ2v) is 7.64. The highest BCUT2D eigenvalue weighted by atomic mass is 32.1. The van der Waals surface area contributed by atoms with Crippen LogP contribution in [0.4, 0.5) is 0 Å². The van der Waals surface area contributed by atoms with E-state index in [1.807, 2.05) is 0 Å². The number of hydrogen-bond acceptors (Lipinski definition) is 4. The quantitative estimate of drug-likeness (QED) is 0.874. The molecule has 0 spiro atoms. The molecule has 0 bridgehead atoms. The Labute approximate surface area is 136 Å². The van der Waals surface area contributed by atoms with Gasteiger partial charge in [-0.15, -0.1) is 11.3 Å². The SMILES string of the molecule is CC1(C)OB(C(=Cc2cccc3sccc23)CN)OC1(C)C. The molecule has 22 heavy (non-hydrogen) atoms. The standard InChI is InChI=1S/C17H22BNO2S/c1-16(2)17(3,4)21-18(20-16)13(11-19)10-12-6-5-7-15-14(12)8-9-22-15/h5-10H,11,19H2,1-4H3. The number of benzene rings is 1. The van der Waals surface area contributed by atoms with Crippen LogP contribution in [0.15, 0.2) is 35.1 Å². The third-order valence-electron chi connectivity index (χ3n) is 4.66. The monoisotopic (exact) mass is 315 g/mol. The van der Waals surface area contributed by atoms with Crippen LogP contribution in [0.25, 0.3) is 16.2 Å². The van der Waals surface area contributed by atoms with Crippen LogP contribution in [0.5, 0.6) is 0 Å². The molecule has 3 rings (SSSR count). The van der Waals surface area contributed by atoms with Crippen LogP contribution in [0, 0.1) is 0 Å². The summed E-state index contributed by atoms with van der Waals surface area (Å²) in [5.41, 5.74) is 7.41. The molecular weight excluding hydrogens is 293 g/mol. The summed E-state index contributed by atoms with van der Waals surface area (Å²) in [5, 5.41) is 3.36. The second-order valence-electron chi connectivity index (χ2n) is 6.69. The molecule has 0 radical (unpaired) electrons. The molecule has 1 aromatic carbocycles. The van der Waals surface area contributed by atoms with E-state index in [2.05, 4.69) is 63.4 Å². The molecule has 116 valence electrons. The van der Waals surface area contributed by atoms with Crippen LogP contribution in [-0.4, -0.2) is 24.9 Å². The van der Waals surface area contributed by atoms with Gasteiger partial charge in [-0.2, -0.15) is 0 Å². The Morgan fingerprint density at radius 1 is 1.18 bits per heavy atom. The number of nitrogens with two attached hydrogens (primary N) is 1. The lowest BCUT2D eigenvalue weighted by atomic mass is 9.77. The molecule has 5 heteroatoms. The van der Waals surface area contributed by atoms with Crippen molar-refractivity contribution in [2.45, 2.75) is 38.9 Å². The van der Waals surface area contributed by atoms with Crippen molar-refractivity contribution in [3.05, 3.63) is 40.7 Å². The maximum absolute atomic E-state index is 6.11. The molecule has 1 aliphatic heterocycles. The highest BCUT2D eigenvalue weighted by molar-refractivity contribution is 7.17. The minimum Gasteiger partial charge on any atom is -0.400 e. The molecule has 0 aliphatic carbocycles. The summed E-state index contributed by atoms with van der Waals surface area (Å²) in [5.74, 6) is 0. The van der Waals surface area contributed by atoms with Crippen molar-refractivity contribution in [3.8, 4) is 0 Å². The largest absolute Gasteiger partial charge is 0.491 e. The molecule has 0 saturated carbocycles. The van der Waals surface area contributed by atoms with Gasteiger partial charge in [0.15, 0.2) is 0 Å². The minimum atomic E-state index is -0.385. The molecule has 1 saturated heterocycles. The zero-order chi connectivity index (χ0) is 16.0. The first-order valence-corrected chi connectivity index (χ1v) is 8.44. The van der Waals surface area contributed by atoms with Crippen LogP contribution in [-0.2, 0) is 9.31 Å². The summed E-state index contributed by atoms with van der Waals surface area (Å²) in [4.78, 5) is 0. The first-order chi connectivity index (χ1) is 10.3. The lowest BCUT2D eigenvalue weighted by Gasteiger charge is -2.32. The van der Waals surface area contributed by atoms with E-state index in [4.69, 9.17) is 15.0 Å². The predicted molar refractivity (Wildman–Crippen MR) is 94.9 cm³/mol. The maximum Gasteiger partial charge on any atom is 0.491 e. The normalized spacial score (nSPS) is 20.8. The van der Waals surface area contributed by atoms with Crippen molar-refractivity contribution in [2.75, 3.05) is 6.54 Å². The van der Waals surface area contributed by atoms with Gasteiger partial charge in [0, 0.05) is 11.2 Å². The average Bonchev–Trinajstić information content (AvgIpc) is 2.99. The lowest BCUT2D eigenvalue weighted by Crippen LogP contribution is -2.41. The topological polar surface area (TPSA) is 44.5 Å². The molecule has 2 aromatic rings. The van der Waals surface area contributed by atoms with Gasteiger partial charge >= 0.3 is 7.12 Å². The van der Waals surface area contributed by atoms with Gasteiger partial charge in [0.1, 0.15) is 0 Å². The Morgan fingerprint density at radius 3 is 2.50 bits per heavy atom. The highest BCUT2D eigenvalue weighted by Gasteiger charge is 2.52.